The van der Waals surface area contributed by atoms with Crippen LogP contribution in [0.4, 0.5) is 11.5 Å². The van der Waals surface area contributed by atoms with E-state index in [-0.39, 0.29) is 23.4 Å². The molecular weight excluding hydrogens is 312 g/mol. The molecule has 0 radical (unpaired) electrons. The Balaban J connectivity index is 2.21. The van der Waals surface area contributed by atoms with Crippen molar-refractivity contribution in [3.05, 3.63) is 33.6 Å². The highest BCUT2D eigenvalue weighted by Crippen LogP contribution is 2.26. The molecule has 0 bridgehead atoms. The zero-order chi connectivity index (χ0) is 16.1. The number of rotatable bonds is 6. The number of non-ortho nitro benzene ring substituents is 1. The van der Waals surface area contributed by atoms with Gasteiger partial charge in [0.25, 0.3) is 5.69 Å². The number of fused-ring (bicyclic) bond motifs is 1. The molecule has 116 valence electrons. The number of nitrogens with one attached hydrogen (secondary N) is 1. The quantitative estimate of drug-likeness (QED) is 0.286. The number of hydrogen-bond acceptors (Lipinski definition) is 7. The Morgan fingerprint density at radius 2 is 2.23 bits per heavy atom. The van der Waals surface area contributed by atoms with Gasteiger partial charge < -0.3 is 10.1 Å². The zero-order valence-electron chi connectivity index (χ0n) is 11.7. The minimum absolute atomic E-state index is 0.0387. The minimum Gasteiger partial charge on any atom is -0.469 e. The van der Waals surface area contributed by atoms with Crippen LogP contribution in [0, 0.1) is 10.1 Å². The highest BCUT2D eigenvalue weighted by Gasteiger charge is 2.12. The summed E-state index contributed by atoms with van der Waals surface area (Å²) in [4.78, 5) is 29.5. The van der Waals surface area contributed by atoms with Gasteiger partial charge in [-0.3, -0.25) is 14.9 Å². The Bertz CT molecular complexity index is 722. The molecule has 9 heteroatoms. The number of hydrogen-bond donors (Lipinski definition) is 1. The van der Waals surface area contributed by atoms with Gasteiger partial charge in [-0.15, -0.1) is 0 Å². The van der Waals surface area contributed by atoms with Gasteiger partial charge in [-0.1, -0.05) is 0 Å². The van der Waals surface area contributed by atoms with Crippen LogP contribution >= 0.6 is 11.6 Å². The number of esters is 1. The van der Waals surface area contributed by atoms with Gasteiger partial charge >= 0.3 is 5.97 Å². The minimum atomic E-state index is -0.491. The lowest BCUT2D eigenvalue weighted by Gasteiger charge is -2.08. The first-order valence-corrected chi connectivity index (χ1v) is 6.81. The van der Waals surface area contributed by atoms with E-state index in [2.05, 4.69) is 20.0 Å². The SMILES string of the molecule is COC(=O)CCCNc1nc(Cl)nc2ccc([N+](=O)[O-])cc12. The largest absolute Gasteiger partial charge is 0.469 e. The fourth-order valence-electron chi connectivity index (χ4n) is 1.88. The molecule has 0 aliphatic heterocycles. The molecule has 0 spiro atoms. The maximum atomic E-state index is 11.0. The smallest absolute Gasteiger partial charge is 0.305 e. The van der Waals surface area contributed by atoms with Crippen molar-refractivity contribution in [2.75, 3.05) is 19.0 Å². The predicted molar refractivity (Wildman–Crippen MR) is 80.9 cm³/mol. The van der Waals surface area contributed by atoms with Crippen molar-refractivity contribution in [1.29, 1.82) is 0 Å². The van der Waals surface area contributed by atoms with Gasteiger partial charge in [0.2, 0.25) is 5.28 Å². The number of halogens is 1. The first-order valence-electron chi connectivity index (χ1n) is 6.43. The Hall–Kier alpha value is -2.48. The molecule has 0 aliphatic carbocycles. The molecule has 2 rings (SSSR count). The molecule has 2 aromatic rings. The van der Waals surface area contributed by atoms with Gasteiger partial charge in [0.15, 0.2) is 0 Å². The summed E-state index contributed by atoms with van der Waals surface area (Å²) in [6, 6.07) is 4.25. The van der Waals surface area contributed by atoms with Crippen LogP contribution < -0.4 is 5.32 Å². The fourth-order valence-corrected chi connectivity index (χ4v) is 2.05. The van der Waals surface area contributed by atoms with Crippen LogP contribution in [0.2, 0.25) is 5.28 Å². The van der Waals surface area contributed by atoms with Crippen LogP contribution in [0.5, 0.6) is 0 Å². The Morgan fingerprint density at radius 3 is 2.91 bits per heavy atom. The number of carbonyl (C=O) groups excluding carboxylic acids is 1. The molecule has 8 nitrogen and oxygen atoms in total. The topological polar surface area (TPSA) is 107 Å². The van der Waals surface area contributed by atoms with Crippen molar-refractivity contribution < 1.29 is 14.5 Å². The third-order valence-electron chi connectivity index (χ3n) is 2.94. The van der Waals surface area contributed by atoms with Gasteiger partial charge in [-0.05, 0) is 24.1 Å². The molecule has 0 saturated carbocycles. The maximum Gasteiger partial charge on any atom is 0.305 e. The highest BCUT2D eigenvalue weighted by molar-refractivity contribution is 6.28. The van der Waals surface area contributed by atoms with Crippen molar-refractivity contribution in [3.8, 4) is 0 Å². The van der Waals surface area contributed by atoms with Crippen molar-refractivity contribution in [3.63, 3.8) is 0 Å². The molecule has 1 N–H and O–H groups in total. The monoisotopic (exact) mass is 324 g/mol. The lowest BCUT2D eigenvalue weighted by Crippen LogP contribution is -2.08. The number of aromatic nitrogens is 2. The number of carbonyl (C=O) groups is 1. The Morgan fingerprint density at radius 1 is 1.45 bits per heavy atom. The van der Waals surface area contributed by atoms with Crippen molar-refractivity contribution in [2.45, 2.75) is 12.8 Å². The summed E-state index contributed by atoms with van der Waals surface area (Å²) in [5, 5.41) is 14.4. The second-order valence-corrected chi connectivity index (χ2v) is 4.74. The Kier molecular flexibility index (Phi) is 5.05. The second kappa shape index (κ2) is 6.99. The molecule has 0 amide bonds. The van der Waals surface area contributed by atoms with Gasteiger partial charge in [0.1, 0.15) is 5.82 Å². The van der Waals surface area contributed by atoms with E-state index in [0.29, 0.717) is 29.7 Å². The van der Waals surface area contributed by atoms with Crippen LogP contribution in [-0.4, -0.2) is 34.5 Å². The number of benzene rings is 1. The van der Waals surface area contributed by atoms with Gasteiger partial charge in [-0.2, -0.15) is 0 Å². The van der Waals surface area contributed by atoms with Gasteiger partial charge in [0, 0.05) is 30.5 Å². The first kappa shape index (κ1) is 15.9. The summed E-state index contributed by atoms with van der Waals surface area (Å²) >= 11 is 5.84. The third-order valence-corrected chi connectivity index (χ3v) is 3.11. The van der Waals surface area contributed by atoms with Crippen molar-refractivity contribution in [1.82, 2.24) is 9.97 Å². The predicted octanol–water partition coefficient (Wildman–Crippen LogP) is 2.56. The average molecular weight is 325 g/mol. The average Bonchev–Trinajstić information content (AvgIpc) is 2.50. The van der Waals surface area contributed by atoms with Gasteiger partial charge in [0.05, 0.1) is 17.5 Å². The van der Waals surface area contributed by atoms with Crippen molar-refractivity contribution in [2.24, 2.45) is 0 Å². The number of nitro groups is 1. The molecule has 0 atom stereocenters. The molecule has 22 heavy (non-hydrogen) atoms. The van der Waals surface area contributed by atoms with E-state index < -0.39 is 4.92 Å². The molecule has 1 heterocycles. The molecule has 0 fully saturated rings. The van der Waals surface area contributed by atoms with E-state index in [4.69, 9.17) is 11.6 Å². The molecule has 0 saturated heterocycles. The summed E-state index contributed by atoms with van der Waals surface area (Å²) in [6.45, 7) is 0.445. The molecule has 1 aromatic heterocycles. The summed E-state index contributed by atoms with van der Waals surface area (Å²) in [5.74, 6) is 0.0894. The number of ether oxygens (including phenoxy) is 1. The maximum absolute atomic E-state index is 11.0. The van der Waals surface area contributed by atoms with E-state index >= 15 is 0 Å². The van der Waals surface area contributed by atoms with E-state index in [0.717, 1.165) is 0 Å². The van der Waals surface area contributed by atoms with Crippen LogP contribution in [-0.2, 0) is 9.53 Å². The van der Waals surface area contributed by atoms with E-state index in [9.17, 15) is 14.9 Å². The van der Waals surface area contributed by atoms with Crippen LogP contribution in [0.25, 0.3) is 10.9 Å². The van der Waals surface area contributed by atoms with Gasteiger partial charge in [-0.25, -0.2) is 9.97 Å². The van der Waals surface area contributed by atoms with Crippen molar-refractivity contribution >= 4 is 40.0 Å². The van der Waals surface area contributed by atoms with E-state index in [1.54, 1.807) is 0 Å². The van der Waals surface area contributed by atoms with Crippen LogP contribution in [0.15, 0.2) is 18.2 Å². The Labute approximate surface area is 130 Å². The number of nitrogens with zero attached hydrogens (tertiary/aromatic N) is 3. The van der Waals surface area contributed by atoms with E-state index in [1.165, 1.54) is 25.3 Å². The normalized spacial score (nSPS) is 10.5. The summed E-state index contributed by atoms with van der Waals surface area (Å²) < 4.78 is 4.55. The first-order chi connectivity index (χ1) is 10.5. The fraction of sp³-hybridized carbons (Fsp3) is 0.308. The number of nitro benzene ring substituents is 1. The molecule has 1 aromatic carbocycles. The highest BCUT2D eigenvalue weighted by atomic mass is 35.5. The number of methoxy groups -OCH3 is 1. The summed E-state index contributed by atoms with van der Waals surface area (Å²) in [6.07, 6.45) is 0.797. The van der Waals surface area contributed by atoms with Crippen LogP contribution in [0.3, 0.4) is 0 Å². The summed E-state index contributed by atoms with van der Waals surface area (Å²) in [5.41, 5.74) is 0.442. The molecular formula is C13H13ClN4O4. The van der Waals surface area contributed by atoms with E-state index in [1.807, 2.05) is 0 Å². The summed E-state index contributed by atoms with van der Waals surface area (Å²) in [7, 11) is 1.33. The molecule has 0 aliphatic rings. The molecule has 0 unspecified atom stereocenters. The lowest BCUT2D eigenvalue weighted by molar-refractivity contribution is -0.384. The zero-order valence-corrected chi connectivity index (χ0v) is 12.5. The third kappa shape index (κ3) is 3.79. The number of anilines is 1. The second-order valence-electron chi connectivity index (χ2n) is 4.41. The van der Waals surface area contributed by atoms with Crippen LogP contribution in [0.1, 0.15) is 12.8 Å². The lowest BCUT2D eigenvalue weighted by atomic mass is 10.2. The standard InChI is InChI=1S/C13H13ClN4O4/c1-22-11(19)3-2-6-15-12-9-7-8(18(20)21)4-5-10(9)16-13(14)17-12/h4-5,7H,2-3,6H2,1H3,(H,15,16,17).